The number of allylic oxidation sites excluding steroid dienone is 1. The summed E-state index contributed by atoms with van der Waals surface area (Å²) in [6, 6.07) is 0. The largest absolute Gasteiger partial charge is 0.396 e. The first-order valence-corrected chi connectivity index (χ1v) is 1.94. The van der Waals surface area contributed by atoms with Crippen LogP contribution in [0.4, 0.5) is 0 Å². The van der Waals surface area contributed by atoms with Crippen LogP contribution in [-0.2, 0) is 0 Å². The average molecular weight is 99.1 g/mol. The molecule has 0 rings (SSSR count). The van der Waals surface area contributed by atoms with E-state index in [-0.39, 0.29) is 5.84 Å². The van der Waals surface area contributed by atoms with Crippen molar-refractivity contribution in [1.29, 1.82) is 5.41 Å². The lowest BCUT2D eigenvalue weighted by molar-refractivity contribution is 1.34. The lowest BCUT2D eigenvalue weighted by Crippen LogP contribution is -2.18. The number of hydrogen-bond acceptors (Lipinski definition) is 2. The quantitative estimate of drug-likeness (QED) is 0.314. The van der Waals surface area contributed by atoms with Gasteiger partial charge in [-0.15, -0.1) is 0 Å². The third kappa shape index (κ3) is 1.81. The Morgan fingerprint density at radius 1 is 1.57 bits per heavy atom. The molecule has 0 heterocycles. The summed E-state index contributed by atoms with van der Waals surface area (Å²) >= 11 is 0. The monoisotopic (exact) mass is 99.1 g/mol. The summed E-state index contributed by atoms with van der Waals surface area (Å²) in [5.74, 6) is -0.0671. The Labute approximate surface area is 42.5 Å². The number of amidine groups is 1. The molecule has 0 saturated heterocycles. The zero-order valence-corrected chi connectivity index (χ0v) is 4.23. The van der Waals surface area contributed by atoms with Gasteiger partial charge >= 0.3 is 0 Å². The number of nitrogens with one attached hydrogen (secondary N) is 1. The molecule has 3 heteroatoms. The molecule has 3 nitrogen and oxygen atoms in total. The Balaban J connectivity index is 3.82. The normalized spacial score (nSPS) is 11.3. The van der Waals surface area contributed by atoms with Crippen LogP contribution in [0.1, 0.15) is 6.92 Å². The van der Waals surface area contributed by atoms with E-state index in [2.05, 4.69) is 0 Å². The van der Waals surface area contributed by atoms with Crippen molar-refractivity contribution in [2.75, 3.05) is 0 Å². The highest BCUT2D eigenvalue weighted by Gasteiger charge is 1.85. The van der Waals surface area contributed by atoms with E-state index in [4.69, 9.17) is 16.9 Å². The van der Waals surface area contributed by atoms with Gasteiger partial charge < -0.3 is 11.5 Å². The highest BCUT2D eigenvalue weighted by atomic mass is 14.8. The lowest BCUT2D eigenvalue weighted by Gasteiger charge is -1.90. The Kier molecular flexibility index (Phi) is 1.91. The van der Waals surface area contributed by atoms with Crippen molar-refractivity contribution >= 4 is 5.84 Å². The van der Waals surface area contributed by atoms with E-state index in [1.807, 2.05) is 0 Å². The molecule has 0 bridgehead atoms. The molecule has 0 aromatic rings. The predicted molar refractivity (Wildman–Crippen MR) is 29.9 cm³/mol. The summed E-state index contributed by atoms with van der Waals surface area (Å²) in [6.07, 6.45) is 1.59. The molecule has 40 valence electrons. The molecular formula is C4H9N3. The molecule has 0 aromatic heterocycles. The standard InChI is InChI=1S/C4H9N3/c1-2-3(5)4(6)7/h2H,5H2,1H3,(H3,6,7)/b3-2+. The van der Waals surface area contributed by atoms with Crippen LogP contribution < -0.4 is 11.5 Å². The van der Waals surface area contributed by atoms with Crippen LogP contribution in [-0.4, -0.2) is 5.84 Å². The SMILES string of the molecule is C/C=C(/N)C(=N)N. The van der Waals surface area contributed by atoms with Crippen molar-refractivity contribution in [3.05, 3.63) is 11.8 Å². The highest BCUT2D eigenvalue weighted by molar-refractivity contribution is 5.93. The fourth-order valence-electron chi connectivity index (χ4n) is 0.156. The molecule has 0 saturated carbocycles. The van der Waals surface area contributed by atoms with Gasteiger partial charge in [-0.2, -0.15) is 0 Å². The Morgan fingerprint density at radius 3 is 2.00 bits per heavy atom. The first kappa shape index (κ1) is 6.01. The average Bonchev–Trinajstić information content (AvgIpc) is 1.65. The number of nitrogens with two attached hydrogens (primary N) is 2. The molecule has 0 aliphatic heterocycles. The minimum Gasteiger partial charge on any atom is -0.396 e. The smallest absolute Gasteiger partial charge is 0.138 e. The fraction of sp³-hybridized carbons (Fsp3) is 0.250. The van der Waals surface area contributed by atoms with Crippen LogP contribution in [0.15, 0.2) is 11.8 Å². The molecule has 0 aliphatic carbocycles. The predicted octanol–water partition coefficient (Wildman–Crippen LogP) is -0.215. The van der Waals surface area contributed by atoms with Gasteiger partial charge in [0.2, 0.25) is 0 Å². The summed E-state index contributed by atoms with van der Waals surface area (Å²) in [6.45, 7) is 1.73. The maximum absolute atomic E-state index is 6.68. The van der Waals surface area contributed by atoms with Crippen molar-refractivity contribution < 1.29 is 0 Å². The third-order valence-electron chi connectivity index (χ3n) is 0.622. The summed E-state index contributed by atoms with van der Waals surface area (Å²) in [5, 5.41) is 6.68. The van der Waals surface area contributed by atoms with Crippen LogP contribution >= 0.6 is 0 Å². The van der Waals surface area contributed by atoms with E-state index in [1.54, 1.807) is 13.0 Å². The Bertz CT molecular complexity index is 104. The van der Waals surface area contributed by atoms with Crippen LogP contribution in [0, 0.1) is 5.41 Å². The topological polar surface area (TPSA) is 75.9 Å². The second-order valence-electron chi connectivity index (χ2n) is 1.16. The first-order valence-electron chi connectivity index (χ1n) is 1.94. The lowest BCUT2D eigenvalue weighted by atomic mass is 10.4. The minimum absolute atomic E-state index is 0.0671. The minimum atomic E-state index is -0.0671. The second kappa shape index (κ2) is 2.23. The van der Waals surface area contributed by atoms with E-state index in [9.17, 15) is 0 Å². The molecule has 0 spiro atoms. The molecule has 0 amide bonds. The maximum Gasteiger partial charge on any atom is 0.138 e. The van der Waals surface area contributed by atoms with Gasteiger partial charge in [0.15, 0.2) is 0 Å². The second-order valence-corrected chi connectivity index (χ2v) is 1.16. The molecule has 0 atom stereocenters. The van der Waals surface area contributed by atoms with Crippen LogP contribution in [0.3, 0.4) is 0 Å². The molecule has 7 heavy (non-hydrogen) atoms. The van der Waals surface area contributed by atoms with E-state index >= 15 is 0 Å². The fourth-order valence-corrected chi connectivity index (χ4v) is 0.156. The first-order chi connectivity index (χ1) is 3.18. The molecule has 5 N–H and O–H groups in total. The number of hydrogen-bond donors (Lipinski definition) is 3. The van der Waals surface area contributed by atoms with Gasteiger partial charge in [-0.05, 0) is 6.92 Å². The molecule has 0 fully saturated rings. The molecular weight excluding hydrogens is 90.1 g/mol. The van der Waals surface area contributed by atoms with Gasteiger partial charge in [0, 0.05) is 0 Å². The van der Waals surface area contributed by atoms with Gasteiger partial charge in [0.1, 0.15) is 5.84 Å². The molecule has 0 aliphatic rings. The molecule has 0 radical (unpaired) electrons. The van der Waals surface area contributed by atoms with Gasteiger partial charge in [-0.3, -0.25) is 5.41 Å². The van der Waals surface area contributed by atoms with Crippen LogP contribution in [0.5, 0.6) is 0 Å². The van der Waals surface area contributed by atoms with Crippen molar-refractivity contribution in [2.45, 2.75) is 6.92 Å². The molecule has 0 unspecified atom stereocenters. The van der Waals surface area contributed by atoms with Gasteiger partial charge in [0.25, 0.3) is 0 Å². The van der Waals surface area contributed by atoms with Crippen LogP contribution in [0.25, 0.3) is 0 Å². The summed E-state index contributed by atoms with van der Waals surface area (Å²) < 4.78 is 0. The summed E-state index contributed by atoms with van der Waals surface area (Å²) in [5.41, 5.74) is 10.4. The summed E-state index contributed by atoms with van der Waals surface area (Å²) in [4.78, 5) is 0. The van der Waals surface area contributed by atoms with E-state index < -0.39 is 0 Å². The van der Waals surface area contributed by atoms with Gasteiger partial charge in [-0.1, -0.05) is 6.08 Å². The summed E-state index contributed by atoms with van der Waals surface area (Å²) in [7, 11) is 0. The zero-order valence-electron chi connectivity index (χ0n) is 4.23. The van der Waals surface area contributed by atoms with E-state index in [1.165, 1.54) is 0 Å². The van der Waals surface area contributed by atoms with E-state index in [0.29, 0.717) is 5.70 Å². The highest BCUT2D eigenvalue weighted by Crippen LogP contribution is 1.76. The number of rotatable bonds is 1. The third-order valence-corrected chi connectivity index (χ3v) is 0.622. The van der Waals surface area contributed by atoms with Gasteiger partial charge in [-0.25, -0.2) is 0 Å². The zero-order chi connectivity index (χ0) is 5.86. The van der Waals surface area contributed by atoms with E-state index in [0.717, 1.165) is 0 Å². The Hall–Kier alpha value is -0.990. The van der Waals surface area contributed by atoms with Gasteiger partial charge in [0.05, 0.1) is 5.70 Å². The van der Waals surface area contributed by atoms with Crippen molar-refractivity contribution in [1.82, 2.24) is 0 Å². The van der Waals surface area contributed by atoms with Crippen LogP contribution in [0.2, 0.25) is 0 Å². The van der Waals surface area contributed by atoms with Crippen molar-refractivity contribution in [3.8, 4) is 0 Å². The van der Waals surface area contributed by atoms with Crippen molar-refractivity contribution in [3.63, 3.8) is 0 Å². The maximum atomic E-state index is 6.68. The Morgan fingerprint density at radius 2 is 2.00 bits per heavy atom. The van der Waals surface area contributed by atoms with Crippen molar-refractivity contribution in [2.24, 2.45) is 11.5 Å². The molecule has 0 aromatic carbocycles.